The van der Waals surface area contributed by atoms with Crippen molar-refractivity contribution in [2.75, 3.05) is 26.0 Å². The van der Waals surface area contributed by atoms with Crippen molar-refractivity contribution in [3.8, 4) is 0 Å². The van der Waals surface area contributed by atoms with Crippen LogP contribution in [0.25, 0.3) is 0 Å². The van der Waals surface area contributed by atoms with Gasteiger partial charge in [-0.1, -0.05) is 37.0 Å². The Balaban J connectivity index is 1.85. The van der Waals surface area contributed by atoms with Crippen LogP contribution in [0.5, 0.6) is 0 Å². The third kappa shape index (κ3) is 5.56. The zero-order valence-corrected chi connectivity index (χ0v) is 16.0. The Morgan fingerprint density at radius 2 is 1.80 bits per heavy atom. The predicted octanol–water partition coefficient (Wildman–Crippen LogP) is 1.63. The van der Waals surface area contributed by atoms with Crippen molar-refractivity contribution in [3.63, 3.8) is 0 Å². The molecule has 5 heteroatoms. The fraction of sp³-hybridized carbons (Fsp3) is 0.600. The van der Waals surface area contributed by atoms with Gasteiger partial charge in [0, 0.05) is 18.8 Å². The summed E-state index contributed by atoms with van der Waals surface area (Å²) in [4.78, 5) is 27.8. The topological polar surface area (TPSA) is 53.9 Å². The molecule has 0 radical (unpaired) electrons. The number of amides is 2. The fourth-order valence-corrected chi connectivity index (χ4v) is 3.41. The number of nitrogens with zero attached hydrogens (tertiary/aromatic N) is 1. The first-order chi connectivity index (χ1) is 11.9. The number of benzene rings is 1. The van der Waals surface area contributed by atoms with Crippen molar-refractivity contribution in [2.24, 2.45) is 0 Å². The molecule has 5 nitrogen and oxygen atoms in total. The van der Waals surface area contributed by atoms with Gasteiger partial charge in [-0.25, -0.2) is 0 Å². The summed E-state index contributed by atoms with van der Waals surface area (Å²) in [5.41, 5.74) is 1.95. The summed E-state index contributed by atoms with van der Waals surface area (Å²) in [6.07, 6.45) is 5.89. The molecular formula is C20H32N3O2+. The molecule has 2 N–H and O–H groups in total. The predicted molar refractivity (Wildman–Crippen MR) is 101 cm³/mol. The smallest absolute Gasteiger partial charge is 0.280 e. The highest BCUT2D eigenvalue weighted by Crippen LogP contribution is 2.21. The van der Waals surface area contributed by atoms with Crippen LogP contribution >= 0.6 is 0 Å². The molecule has 1 aliphatic carbocycles. The standard InChI is InChI=1S/C20H31N3O2/c1-15-10-12-17(13-11-15)21-19(24)14-22(3)16(2)20(25)23(4)18-8-6-5-7-9-18/h10-13,16,18H,5-9,14H2,1-4H3,(H,21,24)/p+1/t16-/m0/s1. The monoisotopic (exact) mass is 346 g/mol. The van der Waals surface area contributed by atoms with E-state index in [2.05, 4.69) is 5.32 Å². The van der Waals surface area contributed by atoms with Gasteiger partial charge >= 0.3 is 0 Å². The van der Waals surface area contributed by atoms with Gasteiger partial charge in [0.1, 0.15) is 0 Å². The van der Waals surface area contributed by atoms with Crippen LogP contribution in [-0.2, 0) is 9.59 Å². The minimum absolute atomic E-state index is 0.0682. The van der Waals surface area contributed by atoms with Gasteiger partial charge in [0.25, 0.3) is 11.8 Å². The second kappa shape index (κ2) is 8.99. The number of likely N-dealkylation sites (N-methyl/N-ethyl adjacent to an activating group) is 2. The minimum Gasteiger partial charge on any atom is -0.338 e. The summed E-state index contributed by atoms with van der Waals surface area (Å²) in [6.45, 7) is 4.20. The number of rotatable bonds is 6. The number of hydrogen-bond donors (Lipinski definition) is 2. The summed E-state index contributed by atoms with van der Waals surface area (Å²) in [5.74, 6) is 0.0638. The average Bonchev–Trinajstić information content (AvgIpc) is 2.62. The largest absolute Gasteiger partial charge is 0.338 e. The van der Waals surface area contributed by atoms with Crippen LogP contribution in [0, 0.1) is 6.92 Å². The average molecular weight is 346 g/mol. The van der Waals surface area contributed by atoms with E-state index in [1.165, 1.54) is 19.3 Å². The highest BCUT2D eigenvalue weighted by Gasteiger charge is 2.30. The van der Waals surface area contributed by atoms with Gasteiger partial charge in [-0.2, -0.15) is 0 Å². The molecule has 1 aliphatic rings. The van der Waals surface area contributed by atoms with E-state index in [4.69, 9.17) is 0 Å². The molecule has 1 saturated carbocycles. The Hall–Kier alpha value is -1.88. The zero-order valence-electron chi connectivity index (χ0n) is 16.0. The van der Waals surface area contributed by atoms with Crippen LogP contribution in [0.3, 0.4) is 0 Å². The molecular weight excluding hydrogens is 314 g/mol. The Morgan fingerprint density at radius 1 is 1.20 bits per heavy atom. The molecule has 1 aromatic rings. The van der Waals surface area contributed by atoms with E-state index in [0.717, 1.165) is 29.0 Å². The molecule has 2 rings (SSSR count). The molecule has 0 bridgehead atoms. The third-order valence-electron chi connectivity index (χ3n) is 5.35. The zero-order chi connectivity index (χ0) is 18.4. The van der Waals surface area contributed by atoms with E-state index in [1.54, 1.807) is 0 Å². The summed E-state index contributed by atoms with van der Waals surface area (Å²) >= 11 is 0. The Kier molecular flexibility index (Phi) is 7.00. The molecule has 0 saturated heterocycles. The lowest BCUT2D eigenvalue weighted by Gasteiger charge is -2.33. The molecule has 1 aromatic carbocycles. The minimum atomic E-state index is -0.226. The first-order valence-corrected chi connectivity index (χ1v) is 9.34. The van der Waals surface area contributed by atoms with Gasteiger partial charge < -0.3 is 15.1 Å². The Bertz CT molecular complexity index is 579. The molecule has 1 unspecified atom stereocenters. The highest BCUT2D eigenvalue weighted by atomic mass is 16.2. The quantitative estimate of drug-likeness (QED) is 0.823. The molecule has 0 aliphatic heterocycles. The van der Waals surface area contributed by atoms with E-state index >= 15 is 0 Å². The fourth-order valence-electron chi connectivity index (χ4n) is 3.41. The number of nitrogens with one attached hydrogen (secondary N) is 2. The molecule has 0 spiro atoms. The molecule has 25 heavy (non-hydrogen) atoms. The van der Waals surface area contributed by atoms with Crippen LogP contribution in [0.4, 0.5) is 5.69 Å². The first-order valence-electron chi connectivity index (χ1n) is 9.34. The van der Waals surface area contributed by atoms with E-state index in [1.807, 2.05) is 57.1 Å². The molecule has 138 valence electrons. The third-order valence-corrected chi connectivity index (χ3v) is 5.35. The van der Waals surface area contributed by atoms with Gasteiger partial charge in [0.2, 0.25) is 0 Å². The van der Waals surface area contributed by atoms with Crippen molar-refractivity contribution < 1.29 is 14.5 Å². The second-order valence-electron chi connectivity index (χ2n) is 7.40. The SMILES string of the molecule is Cc1ccc(NC(=O)C[NH+](C)[C@@H](C)C(=O)N(C)C2CCCCC2)cc1. The van der Waals surface area contributed by atoms with Gasteiger partial charge in [-0.3, -0.25) is 9.59 Å². The van der Waals surface area contributed by atoms with E-state index in [-0.39, 0.29) is 24.4 Å². The number of hydrogen-bond acceptors (Lipinski definition) is 2. The van der Waals surface area contributed by atoms with Crippen molar-refractivity contribution in [1.29, 1.82) is 0 Å². The molecule has 0 aromatic heterocycles. The highest BCUT2D eigenvalue weighted by molar-refractivity contribution is 5.91. The van der Waals surface area contributed by atoms with E-state index < -0.39 is 0 Å². The number of anilines is 1. The van der Waals surface area contributed by atoms with Gasteiger partial charge in [-0.15, -0.1) is 0 Å². The number of carbonyl (C=O) groups is 2. The second-order valence-corrected chi connectivity index (χ2v) is 7.40. The number of aryl methyl sites for hydroxylation is 1. The van der Waals surface area contributed by atoms with Crippen molar-refractivity contribution in [3.05, 3.63) is 29.8 Å². The number of quaternary nitrogens is 1. The summed E-state index contributed by atoms with van der Waals surface area (Å²) in [5, 5.41) is 2.90. The van der Waals surface area contributed by atoms with Crippen LogP contribution < -0.4 is 10.2 Å². The Morgan fingerprint density at radius 3 is 2.40 bits per heavy atom. The van der Waals surface area contributed by atoms with Crippen LogP contribution in [0.15, 0.2) is 24.3 Å². The van der Waals surface area contributed by atoms with Gasteiger partial charge in [0.05, 0.1) is 7.05 Å². The van der Waals surface area contributed by atoms with Crippen molar-refractivity contribution in [2.45, 2.75) is 58.0 Å². The van der Waals surface area contributed by atoms with E-state index in [0.29, 0.717) is 6.04 Å². The normalized spacial score (nSPS) is 17.6. The first kappa shape index (κ1) is 19.4. The Labute approximate surface area is 151 Å². The van der Waals surface area contributed by atoms with Crippen LogP contribution in [0.2, 0.25) is 0 Å². The maximum atomic E-state index is 12.7. The van der Waals surface area contributed by atoms with E-state index in [9.17, 15) is 9.59 Å². The molecule has 2 amide bonds. The summed E-state index contributed by atoms with van der Waals surface area (Å²) in [6, 6.07) is 7.87. The molecule has 0 heterocycles. The number of carbonyl (C=O) groups excluding carboxylic acids is 2. The summed E-state index contributed by atoms with van der Waals surface area (Å²) in [7, 11) is 3.82. The van der Waals surface area contributed by atoms with Crippen LogP contribution in [-0.4, -0.2) is 49.4 Å². The van der Waals surface area contributed by atoms with Gasteiger partial charge in [0.15, 0.2) is 12.6 Å². The lowest BCUT2D eigenvalue weighted by Crippen LogP contribution is -3.15. The van der Waals surface area contributed by atoms with Gasteiger partial charge in [-0.05, 0) is 38.8 Å². The van der Waals surface area contributed by atoms with Crippen LogP contribution in [0.1, 0.15) is 44.6 Å². The lowest BCUT2D eigenvalue weighted by atomic mass is 9.94. The summed E-state index contributed by atoms with van der Waals surface area (Å²) < 4.78 is 0. The van der Waals surface area contributed by atoms with Crippen molar-refractivity contribution in [1.82, 2.24) is 4.90 Å². The molecule has 2 atom stereocenters. The maximum absolute atomic E-state index is 12.7. The maximum Gasteiger partial charge on any atom is 0.280 e. The van der Waals surface area contributed by atoms with Crippen molar-refractivity contribution >= 4 is 17.5 Å². The molecule has 1 fully saturated rings. The lowest BCUT2D eigenvalue weighted by molar-refractivity contribution is -0.886.